The monoisotopic (exact) mass is 422 g/mol. The van der Waals surface area contributed by atoms with Crippen molar-refractivity contribution in [3.05, 3.63) is 77.9 Å². The molecule has 1 N–H and O–H groups in total. The number of rotatable bonds is 6. The molecule has 156 valence electrons. The van der Waals surface area contributed by atoms with E-state index >= 15 is 0 Å². The molecule has 1 heterocycles. The molecule has 4 rings (SSSR count). The molecule has 0 fully saturated rings. The molecule has 30 heavy (non-hydrogen) atoms. The van der Waals surface area contributed by atoms with E-state index in [2.05, 4.69) is 16.7 Å². The fraction of sp³-hybridized carbons (Fsp3) is 0.250. The zero-order valence-corrected chi connectivity index (χ0v) is 18.2. The van der Waals surface area contributed by atoms with E-state index in [0.29, 0.717) is 12.2 Å². The highest BCUT2D eigenvalue weighted by atomic mass is 32.2. The number of para-hydroxylation sites is 2. The van der Waals surface area contributed by atoms with E-state index in [4.69, 9.17) is 0 Å². The van der Waals surface area contributed by atoms with E-state index in [-0.39, 0.29) is 6.54 Å². The maximum atomic E-state index is 12.5. The van der Waals surface area contributed by atoms with E-state index in [0.717, 1.165) is 32.9 Å². The summed E-state index contributed by atoms with van der Waals surface area (Å²) in [5, 5.41) is 13.2. The van der Waals surface area contributed by atoms with Gasteiger partial charge in [0.05, 0.1) is 31.1 Å². The van der Waals surface area contributed by atoms with E-state index in [1.807, 2.05) is 62.4 Å². The number of anilines is 1. The van der Waals surface area contributed by atoms with Crippen LogP contribution in [0.4, 0.5) is 5.69 Å². The highest BCUT2D eigenvalue weighted by Crippen LogP contribution is 2.29. The average Bonchev–Trinajstić information content (AvgIpc) is 3.00. The smallest absolute Gasteiger partial charge is 0.232 e. The molecule has 3 aromatic carbocycles. The van der Waals surface area contributed by atoms with Gasteiger partial charge in [-0.15, -0.1) is 0 Å². The summed E-state index contributed by atoms with van der Waals surface area (Å²) in [4.78, 5) is 0. The molecular formula is C24H26N2O3S. The minimum Gasteiger partial charge on any atom is -0.389 e. The quantitative estimate of drug-likeness (QED) is 0.506. The van der Waals surface area contributed by atoms with Crippen LogP contribution >= 0.6 is 0 Å². The second kappa shape index (κ2) is 7.78. The van der Waals surface area contributed by atoms with Crippen molar-refractivity contribution >= 4 is 37.5 Å². The van der Waals surface area contributed by atoms with Gasteiger partial charge in [-0.05, 0) is 37.6 Å². The second-order valence-electron chi connectivity index (χ2n) is 7.88. The third-order valence-electron chi connectivity index (χ3n) is 5.47. The zero-order chi connectivity index (χ0) is 21.5. The summed E-state index contributed by atoms with van der Waals surface area (Å²) in [5.41, 5.74) is 4.58. The number of hydrogen-bond acceptors (Lipinski definition) is 3. The number of sulfonamides is 1. The van der Waals surface area contributed by atoms with Crippen molar-refractivity contribution in [2.75, 3.05) is 17.1 Å². The predicted molar refractivity (Wildman–Crippen MR) is 124 cm³/mol. The molecule has 0 spiro atoms. The molecule has 1 atom stereocenters. The number of nitrogens with zero attached hydrogens (tertiary/aromatic N) is 2. The molecule has 5 nitrogen and oxygen atoms in total. The Bertz CT molecular complexity index is 1270. The van der Waals surface area contributed by atoms with Crippen LogP contribution in [0.5, 0.6) is 0 Å². The van der Waals surface area contributed by atoms with Crippen LogP contribution < -0.4 is 4.31 Å². The maximum Gasteiger partial charge on any atom is 0.232 e. The lowest BCUT2D eigenvalue weighted by Gasteiger charge is -2.27. The van der Waals surface area contributed by atoms with Crippen LogP contribution in [0.25, 0.3) is 21.8 Å². The van der Waals surface area contributed by atoms with E-state index in [1.165, 1.54) is 10.6 Å². The van der Waals surface area contributed by atoms with Crippen LogP contribution in [-0.2, 0) is 16.6 Å². The minimum absolute atomic E-state index is 0.0103. The summed E-state index contributed by atoms with van der Waals surface area (Å²) >= 11 is 0. The van der Waals surface area contributed by atoms with E-state index < -0.39 is 16.1 Å². The number of aromatic nitrogens is 1. The topological polar surface area (TPSA) is 62.5 Å². The first-order valence-electron chi connectivity index (χ1n) is 9.94. The fourth-order valence-electron chi connectivity index (χ4n) is 4.16. The van der Waals surface area contributed by atoms with E-state index in [1.54, 1.807) is 6.07 Å². The van der Waals surface area contributed by atoms with Gasteiger partial charge in [-0.25, -0.2) is 8.42 Å². The highest BCUT2D eigenvalue weighted by Gasteiger charge is 2.23. The largest absolute Gasteiger partial charge is 0.389 e. The Labute approximate surface area is 177 Å². The van der Waals surface area contributed by atoms with Gasteiger partial charge in [0.25, 0.3) is 0 Å². The predicted octanol–water partition coefficient (Wildman–Crippen LogP) is 4.24. The molecular weight excluding hydrogens is 396 g/mol. The molecule has 0 saturated heterocycles. The van der Waals surface area contributed by atoms with Gasteiger partial charge in [0.1, 0.15) is 0 Å². The standard InChI is InChI=1S/C24H26N2O3S/c1-17-12-13-22(18(2)14-17)26(30(3,28)29)16-19(27)15-25-23-10-6-4-8-20(23)21-9-5-7-11-24(21)25/h4-14,19,27H,15-16H2,1-3H3. The maximum absolute atomic E-state index is 12.5. The summed E-state index contributed by atoms with van der Waals surface area (Å²) in [6.45, 7) is 4.15. The molecule has 0 bridgehead atoms. The lowest BCUT2D eigenvalue weighted by atomic mass is 10.1. The number of benzene rings is 3. The molecule has 0 aliphatic rings. The number of fused-ring (bicyclic) bond motifs is 3. The van der Waals surface area contributed by atoms with Crippen molar-refractivity contribution in [3.8, 4) is 0 Å². The number of aryl methyl sites for hydroxylation is 2. The molecule has 1 aromatic heterocycles. The van der Waals surface area contributed by atoms with Gasteiger partial charge in [-0.2, -0.15) is 0 Å². The molecule has 6 heteroatoms. The Morgan fingerprint density at radius 3 is 2.03 bits per heavy atom. The molecule has 0 aliphatic heterocycles. The Morgan fingerprint density at radius 1 is 0.933 bits per heavy atom. The second-order valence-corrected chi connectivity index (χ2v) is 9.79. The lowest BCUT2D eigenvalue weighted by Crippen LogP contribution is -2.39. The van der Waals surface area contributed by atoms with Crippen molar-refractivity contribution in [2.24, 2.45) is 0 Å². The van der Waals surface area contributed by atoms with Gasteiger partial charge < -0.3 is 9.67 Å². The normalized spacial score (nSPS) is 13.1. The summed E-state index contributed by atoms with van der Waals surface area (Å²) in [7, 11) is -3.55. The zero-order valence-electron chi connectivity index (χ0n) is 17.4. The minimum atomic E-state index is -3.55. The molecule has 4 aromatic rings. The van der Waals surface area contributed by atoms with Gasteiger partial charge in [0.2, 0.25) is 10.0 Å². The Hall–Kier alpha value is -2.83. The molecule has 0 saturated carbocycles. The van der Waals surface area contributed by atoms with Crippen molar-refractivity contribution in [2.45, 2.75) is 26.5 Å². The first kappa shape index (κ1) is 20.4. The third kappa shape index (κ3) is 3.80. The summed E-state index contributed by atoms with van der Waals surface area (Å²) in [5.74, 6) is 0. The summed E-state index contributed by atoms with van der Waals surface area (Å²) in [6, 6.07) is 21.8. The average molecular weight is 423 g/mol. The molecule has 0 amide bonds. The fourth-order valence-corrected chi connectivity index (χ4v) is 5.16. The highest BCUT2D eigenvalue weighted by molar-refractivity contribution is 7.92. The summed E-state index contributed by atoms with van der Waals surface area (Å²) < 4.78 is 28.5. The van der Waals surface area contributed by atoms with Gasteiger partial charge in [0, 0.05) is 21.8 Å². The third-order valence-corrected chi connectivity index (χ3v) is 6.62. The van der Waals surface area contributed by atoms with E-state index in [9.17, 15) is 13.5 Å². The van der Waals surface area contributed by atoms with Crippen LogP contribution in [0.15, 0.2) is 66.7 Å². The molecule has 0 aliphatic carbocycles. The number of aliphatic hydroxyl groups excluding tert-OH is 1. The number of hydrogen-bond donors (Lipinski definition) is 1. The number of aliphatic hydroxyl groups is 1. The Balaban J connectivity index is 1.70. The Morgan fingerprint density at radius 2 is 1.50 bits per heavy atom. The van der Waals surface area contributed by atoms with Crippen molar-refractivity contribution in [3.63, 3.8) is 0 Å². The summed E-state index contributed by atoms with van der Waals surface area (Å²) in [6.07, 6.45) is 0.305. The first-order valence-corrected chi connectivity index (χ1v) is 11.8. The van der Waals surface area contributed by atoms with Gasteiger partial charge in [0.15, 0.2) is 0 Å². The first-order chi connectivity index (χ1) is 14.3. The van der Waals surface area contributed by atoms with Crippen molar-refractivity contribution in [1.29, 1.82) is 0 Å². The van der Waals surface area contributed by atoms with Crippen LogP contribution in [0.2, 0.25) is 0 Å². The van der Waals surface area contributed by atoms with Crippen LogP contribution in [0.3, 0.4) is 0 Å². The van der Waals surface area contributed by atoms with Gasteiger partial charge in [-0.3, -0.25) is 4.31 Å². The van der Waals surface area contributed by atoms with Crippen LogP contribution in [0, 0.1) is 13.8 Å². The molecule has 1 unspecified atom stereocenters. The van der Waals surface area contributed by atoms with Gasteiger partial charge >= 0.3 is 0 Å². The van der Waals surface area contributed by atoms with Crippen molar-refractivity contribution < 1.29 is 13.5 Å². The van der Waals surface area contributed by atoms with Gasteiger partial charge in [-0.1, -0.05) is 54.1 Å². The van der Waals surface area contributed by atoms with Crippen molar-refractivity contribution in [1.82, 2.24) is 4.57 Å². The van der Waals surface area contributed by atoms with Crippen LogP contribution in [-0.4, -0.2) is 37.0 Å². The Kier molecular flexibility index (Phi) is 5.30. The van der Waals surface area contributed by atoms with Crippen LogP contribution in [0.1, 0.15) is 11.1 Å². The lowest BCUT2D eigenvalue weighted by molar-refractivity contribution is 0.166. The molecule has 0 radical (unpaired) electrons. The SMILES string of the molecule is Cc1ccc(N(CC(O)Cn2c3ccccc3c3ccccc32)S(C)(=O)=O)c(C)c1.